The van der Waals surface area contributed by atoms with Gasteiger partial charge in [0.05, 0.1) is 31.3 Å². The third-order valence-corrected chi connectivity index (χ3v) is 2.50. The Morgan fingerprint density at radius 3 is 2.80 bits per heavy atom. The zero-order valence-corrected chi connectivity index (χ0v) is 11.8. The molecule has 0 aliphatic heterocycles. The molecule has 0 bridgehead atoms. The van der Waals surface area contributed by atoms with Crippen molar-refractivity contribution in [2.24, 2.45) is 0 Å². The summed E-state index contributed by atoms with van der Waals surface area (Å²) in [5.41, 5.74) is 1.81. The average molecular weight is 280 g/mol. The molecule has 6 heteroatoms. The van der Waals surface area contributed by atoms with Crippen LogP contribution in [0.25, 0.3) is 0 Å². The number of ether oxygens (including phenoxy) is 2. The summed E-state index contributed by atoms with van der Waals surface area (Å²) in [6.45, 7) is 7.95. The lowest BCUT2D eigenvalue weighted by Gasteiger charge is -2.08. The minimum Gasteiger partial charge on any atom is -0.496 e. The average Bonchev–Trinajstić information content (AvgIpc) is 2.41. The van der Waals surface area contributed by atoms with Gasteiger partial charge in [0, 0.05) is 19.2 Å². The Morgan fingerprint density at radius 1 is 1.45 bits per heavy atom. The summed E-state index contributed by atoms with van der Waals surface area (Å²) in [5.74, 6) is 0.481. The molecule has 0 fully saturated rings. The van der Waals surface area contributed by atoms with Gasteiger partial charge in [0.1, 0.15) is 5.75 Å². The third kappa shape index (κ3) is 5.81. The minimum atomic E-state index is -0.429. The van der Waals surface area contributed by atoms with E-state index in [1.807, 2.05) is 6.92 Å². The molecule has 6 nitrogen and oxygen atoms in total. The molecule has 0 amide bonds. The molecule has 0 spiro atoms. The number of nitro groups is 1. The van der Waals surface area contributed by atoms with Crippen molar-refractivity contribution >= 4 is 5.69 Å². The SMILES string of the molecule is C=C(C)COCCNCc1cc(OC)cc([N+](=O)[O-])c1. The van der Waals surface area contributed by atoms with Crippen LogP contribution in [0.2, 0.25) is 0 Å². The molecular formula is C14H20N2O4. The minimum absolute atomic E-state index is 0.0275. The molecule has 0 aliphatic carbocycles. The maximum Gasteiger partial charge on any atom is 0.273 e. The van der Waals surface area contributed by atoms with Crippen LogP contribution in [0.3, 0.4) is 0 Å². The summed E-state index contributed by atoms with van der Waals surface area (Å²) in [5, 5.41) is 14.0. The molecule has 1 rings (SSSR count). The van der Waals surface area contributed by atoms with Crippen LogP contribution in [0.4, 0.5) is 5.69 Å². The zero-order chi connectivity index (χ0) is 15.0. The van der Waals surface area contributed by atoms with Crippen LogP contribution in [0.15, 0.2) is 30.4 Å². The first kappa shape index (κ1) is 16.1. The molecule has 0 aliphatic rings. The van der Waals surface area contributed by atoms with E-state index >= 15 is 0 Å². The Hall–Kier alpha value is -1.92. The number of nitrogens with zero attached hydrogens (tertiary/aromatic N) is 1. The van der Waals surface area contributed by atoms with Crippen molar-refractivity contribution in [1.29, 1.82) is 0 Å². The number of methoxy groups -OCH3 is 1. The first-order valence-corrected chi connectivity index (χ1v) is 6.28. The molecule has 1 aromatic rings. The molecule has 1 N–H and O–H groups in total. The number of hydrogen-bond acceptors (Lipinski definition) is 5. The molecule has 110 valence electrons. The standard InChI is InChI=1S/C14H20N2O4/c1-11(2)10-20-5-4-15-9-12-6-13(16(17)18)8-14(7-12)19-3/h6-8,15H,1,4-5,9-10H2,2-3H3. The topological polar surface area (TPSA) is 73.6 Å². The van der Waals surface area contributed by atoms with Gasteiger partial charge in [-0.05, 0) is 18.6 Å². The molecule has 0 heterocycles. The second-order valence-corrected chi connectivity index (χ2v) is 4.48. The smallest absolute Gasteiger partial charge is 0.273 e. The van der Waals surface area contributed by atoms with Crippen LogP contribution in [0, 0.1) is 10.1 Å². The van der Waals surface area contributed by atoms with Gasteiger partial charge < -0.3 is 14.8 Å². The lowest BCUT2D eigenvalue weighted by molar-refractivity contribution is -0.385. The molecule has 0 radical (unpaired) electrons. The largest absolute Gasteiger partial charge is 0.496 e. The summed E-state index contributed by atoms with van der Waals surface area (Å²) in [4.78, 5) is 10.4. The van der Waals surface area contributed by atoms with Gasteiger partial charge in [0.15, 0.2) is 0 Å². The van der Waals surface area contributed by atoms with Gasteiger partial charge in [-0.25, -0.2) is 0 Å². The van der Waals surface area contributed by atoms with Crippen LogP contribution in [-0.4, -0.2) is 31.8 Å². The Labute approximate surface area is 118 Å². The fraction of sp³-hybridized carbons (Fsp3) is 0.429. The monoisotopic (exact) mass is 280 g/mol. The van der Waals surface area contributed by atoms with Gasteiger partial charge in [-0.1, -0.05) is 12.2 Å². The third-order valence-electron chi connectivity index (χ3n) is 2.50. The predicted molar refractivity (Wildman–Crippen MR) is 77.0 cm³/mol. The van der Waals surface area contributed by atoms with Crippen LogP contribution >= 0.6 is 0 Å². The van der Waals surface area contributed by atoms with E-state index in [-0.39, 0.29) is 5.69 Å². The Morgan fingerprint density at radius 2 is 2.20 bits per heavy atom. The summed E-state index contributed by atoms with van der Waals surface area (Å²) < 4.78 is 10.4. The quantitative estimate of drug-likeness (QED) is 0.325. The molecule has 0 saturated heterocycles. The molecular weight excluding hydrogens is 260 g/mol. The van der Waals surface area contributed by atoms with E-state index in [0.717, 1.165) is 11.1 Å². The fourth-order valence-corrected chi connectivity index (χ4v) is 1.59. The highest BCUT2D eigenvalue weighted by Gasteiger charge is 2.09. The van der Waals surface area contributed by atoms with Crippen molar-refractivity contribution in [1.82, 2.24) is 5.32 Å². The first-order valence-electron chi connectivity index (χ1n) is 6.28. The molecule has 0 saturated carbocycles. The maximum absolute atomic E-state index is 10.8. The highest BCUT2D eigenvalue weighted by Crippen LogP contribution is 2.22. The summed E-state index contributed by atoms with van der Waals surface area (Å²) in [6, 6.07) is 4.71. The van der Waals surface area contributed by atoms with Crippen LogP contribution in [0.5, 0.6) is 5.75 Å². The van der Waals surface area contributed by atoms with E-state index in [1.165, 1.54) is 19.2 Å². The van der Waals surface area contributed by atoms with Gasteiger partial charge in [-0.15, -0.1) is 0 Å². The zero-order valence-electron chi connectivity index (χ0n) is 11.8. The molecule has 1 aromatic carbocycles. The molecule has 20 heavy (non-hydrogen) atoms. The van der Waals surface area contributed by atoms with Crippen molar-refractivity contribution in [3.8, 4) is 5.75 Å². The van der Waals surface area contributed by atoms with Crippen molar-refractivity contribution < 1.29 is 14.4 Å². The van der Waals surface area contributed by atoms with Crippen molar-refractivity contribution in [3.05, 3.63) is 46.0 Å². The Kier molecular flexibility index (Phi) is 6.69. The molecule has 0 unspecified atom stereocenters. The predicted octanol–water partition coefficient (Wildman–Crippen LogP) is 2.29. The van der Waals surface area contributed by atoms with E-state index in [1.54, 1.807) is 6.07 Å². The van der Waals surface area contributed by atoms with Gasteiger partial charge >= 0.3 is 0 Å². The number of hydrogen-bond donors (Lipinski definition) is 1. The van der Waals surface area contributed by atoms with E-state index in [0.29, 0.717) is 32.1 Å². The number of non-ortho nitro benzene ring substituents is 1. The van der Waals surface area contributed by atoms with Gasteiger partial charge in [0.25, 0.3) is 5.69 Å². The molecule has 0 aromatic heterocycles. The Bertz CT molecular complexity index is 474. The molecule has 0 atom stereocenters. The maximum atomic E-state index is 10.8. The number of rotatable bonds is 9. The van der Waals surface area contributed by atoms with Crippen LogP contribution in [0.1, 0.15) is 12.5 Å². The van der Waals surface area contributed by atoms with E-state index in [9.17, 15) is 10.1 Å². The Balaban J connectivity index is 2.45. The number of nitrogens with one attached hydrogen (secondary N) is 1. The van der Waals surface area contributed by atoms with E-state index in [4.69, 9.17) is 9.47 Å². The van der Waals surface area contributed by atoms with E-state index in [2.05, 4.69) is 11.9 Å². The van der Waals surface area contributed by atoms with Crippen LogP contribution < -0.4 is 10.1 Å². The summed E-state index contributed by atoms with van der Waals surface area (Å²) in [7, 11) is 1.49. The van der Waals surface area contributed by atoms with Gasteiger partial charge in [0.2, 0.25) is 0 Å². The first-order chi connectivity index (χ1) is 9.52. The second-order valence-electron chi connectivity index (χ2n) is 4.48. The van der Waals surface area contributed by atoms with Gasteiger partial charge in [-0.3, -0.25) is 10.1 Å². The lowest BCUT2D eigenvalue weighted by atomic mass is 10.2. The highest BCUT2D eigenvalue weighted by atomic mass is 16.6. The number of nitro benzene ring substituents is 1. The van der Waals surface area contributed by atoms with Crippen LogP contribution in [-0.2, 0) is 11.3 Å². The van der Waals surface area contributed by atoms with Crippen molar-refractivity contribution in [2.45, 2.75) is 13.5 Å². The highest BCUT2D eigenvalue weighted by molar-refractivity contribution is 5.42. The van der Waals surface area contributed by atoms with Crippen molar-refractivity contribution in [2.75, 3.05) is 26.9 Å². The van der Waals surface area contributed by atoms with Crippen molar-refractivity contribution in [3.63, 3.8) is 0 Å². The second kappa shape index (κ2) is 8.29. The van der Waals surface area contributed by atoms with Gasteiger partial charge in [-0.2, -0.15) is 0 Å². The fourth-order valence-electron chi connectivity index (χ4n) is 1.59. The summed E-state index contributed by atoms with van der Waals surface area (Å²) >= 11 is 0. The van der Waals surface area contributed by atoms with E-state index < -0.39 is 4.92 Å². The summed E-state index contributed by atoms with van der Waals surface area (Å²) in [6.07, 6.45) is 0. The lowest BCUT2D eigenvalue weighted by Crippen LogP contribution is -2.19. The number of benzene rings is 1. The normalized spacial score (nSPS) is 10.3.